The molecule has 0 bridgehead atoms. The number of nitrogens with zero attached hydrogens (tertiary/aromatic N) is 2. The van der Waals surface area contributed by atoms with Gasteiger partial charge in [-0.2, -0.15) is 0 Å². The average Bonchev–Trinajstić information content (AvgIpc) is 2.96. The topological polar surface area (TPSA) is 71.7 Å². The van der Waals surface area contributed by atoms with Gasteiger partial charge in [-0.1, -0.05) is 26.0 Å². The van der Waals surface area contributed by atoms with E-state index in [0.29, 0.717) is 18.4 Å². The number of hydrogen-bond donors (Lipinski definition) is 2. The number of guanidine groups is 1. The maximum absolute atomic E-state index is 5.75. The SMILES string of the molecule is CCNC(=NCc1nc(C)c(C)o1)NC(C)c1ccc(OCC(C)C)cc1.I. The Balaban J connectivity index is 0.00000392. The molecule has 2 aromatic rings. The number of aromatic nitrogens is 1. The van der Waals surface area contributed by atoms with Crippen molar-refractivity contribution in [2.45, 2.75) is 54.1 Å². The van der Waals surface area contributed by atoms with E-state index in [0.717, 1.165) is 36.3 Å². The number of ether oxygens (including phenoxy) is 1. The van der Waals surface area contributed by atoms with Gasteiger partial charge in [0, 0.05) is 6.54 Å². The molecule has 1 aromatic heterocycles. The summed E-state index contributed by atoms with van der Waals surface area (Å²) in [6.45, 7) is 14.2. The van der Waals surface area contributed by atoms with Crippen LogP contribution in [0.3, 0.4) is 0 Å². The Hall–Kier alpha value is -1.77. The highest BCUT2D eigenvalue weighted by Gasteiger charge is 2.10. The molecule has 2 rings (SSSR count). The van der Waals surface area contributed by atoms with Gasteiger partial charge in [0.15, 0.2) is 5.96 Å². The van der Waals surface area contributed by atoms with Crippen LogP contribution in [0.5, 0.6) is 5.75 Å². The van der Waals surface area contributed by atoms with E-state index in [1.54, 1.807) is 0 Å². The second-order valence-corrected chi connectivity index (χ2v) is 7.08. The average molecular weight is 500 g/mol. The molecule has 0 amide bonds. The minimum absolute atomic E-state index is 0. The monoisotopic (exact) mass is 500 g/mol. The van der Waals surface area contributed by atoms with Crippen molar-refractivity contribution in [2.75, 3.05) is 13.2 Å². The van der Waals surface area contributed by atoms with Crippen LogP contribution in [0.2, 0.25) is 0 Å². The molecule has 0 saturated carbocycles. The molecule has 1 aromatic carbocycles. The third-order valence-corrected chi connectivity index (χ3v) is 4.11. The Bertz CT molecular complexity index is 722. The van der Waals surface area contributed by atoms with E-state index < -0.39 is 0 Å². The number of nitrogens with one attached hydrogen (secondary N) is 2. The summed E-state index contributed by atoms with van der Waals surface area (Å²) in [5.41, 5.74) is 2.08. The molecule has 7 heteroatoms. The van der Waals surface area contributed by atoms with Crippen molar-refractivity contribution in [1.82, 2.24) is 15.6 Å². The maximum Gasteiger partial charge on any atom is 0.216 e. The van der Waals surface area contributed by atoms with Crippen molar-refractivity contribution in [3.8, 4) is 5.75 Å². The van der Waals surface area contributed by atoms with E-state index >= 15 is 0 Å². The van der Waals surface area contributed by atoms with E-state index in [2.05, 4.69) is 53.5 Å². The molecule has 6 nitrogen and oxygen atoms in total. The molecule has 1 heterocycles. The highest BCUT2D eigenvalue weighted by molar-refractivity contribution is 14.0. The van der Waals surface area contributed by atoms with Gasteiger partial charge >= 0.3 is 0 Å². The smallest absolute Gasteiger partial charge is 0.216 e. The van der Waals surface area contributed by atoms with Gasteiger partial charge in [0.2, 0.25) is 5.89 Å². The second-order valence-electron chi connectivity index (χ2n) is 7.08. The maximum atomic E-state index is 5.75. The third-order valence-electron chi connectivity index (χ3n) is 4.11. The van der Waals surface area contributed by atoms with Crippen LogP contribution in [-0.4, -0.2) is 24.1 Å². The van der Waals surface area contributed by atoms with Gasteiger partial charge < -0.3 is 19.8 Å². The molecule has 2 N–H and O–H groups in total. The molecule has 0 aliphatic heterocycles. The quantitative estimate of drug-likeness (QED) is 0.311. The zero-order chi connectivity index (χ0) is 19.8. The third kappa shape index (κ3) is 7.69. The fraction of sp³-hybridized carbons (Fsp3) is 0.524. The van der Waals surface area contributed by atoms with E-state index in [4.69, 9.17) is 9.15 Å². The second kappa shape index (κ2) is 11.9. The lowest BCUT2D eigenvalue weighted by atomic mass is 10.1. The molecular weight excluding hydrogens is 467 g/mol. The lowest BCUT2D eigenvalue weighted by molar-refractivity contribution is 0.271. The first kappa shape index (κ1) is 24.3. The Kier molecular flexibility index (Phi) is 10.3. The van der Waals surface area contributed by atoms with Gasteiger partial charge in [-0.05, 0) is 51.3 Å². The summed E-state index contributed by atoms with van der Waals surface area (Å²) < 4.78 is 11.3. The number of oxazole rings is 1. The van der Waals surface area contributed by atoms with Gasteiger partial charge in [-0.15, -0.1) is 24.0 Å². The molecule has 156 valence electrons. The van der Waals surface area contributed by atoms with Gasteiger partial charge in [-0.3, -0.25) is 0 Å². The predicted molar refractivity (Wildman–Crippen MR) is 125 cm³/mol. The first-order chi connectivity index (χ1) is 12.9. The Labute approximate surface area is 185 Å². The fourth-order valence-electron chi connectivity index (χ4n) is 2.48. The van der Waals surface area contributed by atoms with Crippen LogP contribution >= 0.6 is 24.0 Å². The van der Waals surface area contributed by atoms with E-state index in [1.807, 2.05) is 32.9 Å². The molecule has 0 spiro atoms. The van der Waals surface area contributed by atoms with Gasteiger partial charge in [0.25, 0.3) is 0 Å². The van der Waals surface area contributed by atoms with Crippen molar-refractivity contribution in [3.63, 3.8) is 0 Å². The molecule has 0 aliphatic carbocycles. The highest BCUT2D eigenvalue weighted by Crippen LogP contribution is 2.18. The number of benzene rings is 1. The molecule has 0 radical (unpaired) electrons. The van der Waals surface area contributed by atoms with E-state index in [-0.39, 0.29) is 30.0 Å². The molecule has 1 atom stereocenters. The summed E-state index contributed by atoms with van der Waals surface area (Å²) in [6.07, 6.45) is 0. The van der Waals surface area contributed by atoms with Crippen molar-refractivity contribution < 1.29 is 9.15 Å². The lowest BCUT2D eigenvalue weighted by Gasteiger charge is -2.18. The largest absolute Gasteiger partial charge is 0.493 e. The van der Waals surface area contributed by atoms with E-state index in [1.165, 1.54) is 5.56 Å². The van der Waals surface area contributed by atoms with Crippen LogP contribution in [0.15, 0.2) is 33.7 Å². The number of aryl methyl sites for hydroxylation is 2. The fourth-order valence-corrected chi connectivity index (χ4v) is 2.48. The lowest BCUT2D eigenvalue weighted by Crippen LogP contribution is -2.38. The van der Waals surface area contributed by atoms with Gasteiger partial charge in [0.05, 0.1) is 18.3 Å². The Morgan fingerprint density at radius 3 is 2.39 bits per heavy atom. The van der Waals surface area contributed by atoms with Gasteiger partial charge in [0.1, 0.15) is 18.1 Å². The molecule has 0 saturated heterocycles. The van der Waals surface area contributed by atoms with Crippen molar-refractivity contribution in [2.24, 2.45) is 10.9 Å². The number of hydrogen-bond acceptors (Lipinski definition) is 4. The van der Waals surface area contributed by atoms with Crippen molar-refractivity contribution in [3.05, 3.63) is 47.2 Å². The Morgan fingerprint density at radius 1 is 1.18 bits per heavy atom. The summed E-state index contributed by atoms with van der Waals surface area (Å²) in [7, 11) is 0. The molecule has 1 unspecified atom stereocenters. The number of rotatable bonds is 8. The highest BCUT2D eigenvalue weighted by atomic mass is 127. The molecule has 28 heavy (non-hydrogen) atoms. The number of halogens is 1. The first-order valence-electron chi connectivity index (χ1n) is 9.59. The summed E-state index contributed by atoms with van der Waals surface area (Å²) in [4.78, 5) is 8.96. The van der Waals surface area contributed by atoms with E-state index in [9.17, 15) is 0 Å². The van der Waals surface area contributed by atoms with Crippen LogP contribution in [-0.2, 0) is 6.54 Å². The van der Waals surface area contributed by atoms with Gasteiger partial charge in [-0.25, -0.2) is 9.98 Å². The zero-order valence-electron chi connectivity index (χ0n) is 17.7. The first-order valence-corrected chi connectivity index (χ1v) is 9.59. The molecule has 0 aliphatic rings. The number of aliphatic imine (C=N–C) groups is 1. The minimum atomic E-state index is 0. The zero-order valence-corrected chi connectivity index (χ0v) is 20.0. The standard InChI is InChI=1S/C21H32N4O2.HI/c1-7-22-21(23-12-20-24-15(4)17(6)27-20)25-16(5)18-8-10-19(11-9-18)26-13-14(2)3;/h8-11,14,16H,7,12-13H2,1-6H3,(H2,22,23,25);1H. The molecule has 0 fully saturated rings. The van der Waals surface area contributed by atoms with Crippen molar-refractivity contribution in [1.29, 1.82) is 0 Å². The summed E-state index contributed by atoms with van der Waals surface area (Å²) >= 11 is 0. The van der Waals surface area contributed by atoms with Crippen LogP contribution in [0, 0.1) is 19.8 Å². The van der Waals surface area contributed by atoms with Crippen LogP contribution < -0.4 is 15.4 Å². The van der Waals surface area contributed by atoms with Crippen LogP contribution in [0.25, 0.3) is 0 Å². The summed E-state index contributed by atoms with van der Waals surface area (Å²) in [5.74, 6) is 3.61. The minimum Gasteiger partial charge on any atom is -0.493 e. The van der Waals surface area contributed by atoms with Crippen LogP contribution in [0.1, 0.15) is 56.6 Å². The normalized spacial score (nSPS) is 12.5. The van der Waals surface area contributed by atoms with Crippen molar-refractivity contribution >= 4 is 29.9 Å². The van der Waals surface area contributed by atoms with Crippen LogP contribution in [0.4, 0.5) is 0 Å². The predicted octanol–water partition coefficient (Wildman–Crippen LogP) is 4.76. The summed E-state index contributed by atoms with van der Waals surface area (Å²) in [5, 5.41) is 6.69. The Morgan fingerprint density at radius 2 is 1.86 bits per heavy atom. The molecular formula is C21H33IN4O2. The summed E-state index contributed by atoms with van der Waals surface area (Å²) in [6, 6.07) is 8.29.